The maximum atomic E-state index is 11.9. The molecule has 110 valence electrons. The van der Waals surface area contributed by atoms with Crippen molar-refractivity contribution in [3.8, 4) is 0 Å². The van der Waals surface area contributed by atoms with Gasteiger partial charge in [-0.25, -0.2) is 0 Å². The van der Waals surface area contributed by atoms with Crippen molar-refractivity contribution in [1.29, 1.82) is 0 Å². The molecule has 0 saturated carbocycles. The van der Waals surface area contributed by atoms with Gasteiger partial charge >= 0.3 is 5.97 Å². The number of ether oxygens (including phenoxy) is 1. The van der Waals surface area contributed by atoms with E-state index in [1.807, 2.05) is 20.0 Å². The molecule has 1 aliphatic heterocycles. The van der Waals surface area contributed by atoms with E-state index in [-0.39, 0.29) is 5.97 Å². The Hall–Kier alpha value is -1.39. The summed E-state index contributed by atoms with van der Waals surface area (Å²) in [7, 11) is 3.25. The monoisotopic (exact) mass is 276 g/mol. The van der Waals surface area contributed by atoms with E-state index < -0.39 is 5.54 Å². The summed E-state index contributed by atoms with van der Waals surface area (Å²) in [5.74, 6) is 0.359. The molecule has 0 bridgehead atoms. The largest absolute Gasteiger partial charge is 0.468 e. The molecule has 2 unspecified atom stereocenters. The zero-order valence-corrected chi connectivity index (χ0v) is 12.6. The van der Waals surface area contributed by atoms with E-state index in [0.29, 0.717) is 12.5 Å². The van der Waals surface area contributed by atoms with Crippen molar-refractivity contribution in [2.75, 3.05) is 33.8 Å². The summed E-state index contributed by atoms with van der Waals surface area (Å²) in [6, 6.07) is 10.6. The number of likely N-dealkylation sites (N-methyl/N-ethyl adjacent to an activating group) is 1. The fraction of sp³-hybridized carbons (Fsp3) is 0.562. The molecule has 4 heteroatoms. The van der Waals surface area contributed by atoms with E-state index in [1.54, 1.807) is 0 Å². The van der Waals surface area contributed by atoms with Gasteiger partial charge in [0.2, 0.25) is 0 Å². The van der Waals surface area contributed by atoms with Crippen LogP contribution in [0.5, 0.6) is 0 Å². The number of nitrogens with one attached hydrogen (secondary N) is 1. The molecule has 0 amide bonds. The van der Waals surface area contributed by atoms with Gasteiger partial charge in [-0.15, -0.1) is 0 Å². The van der Waals surface area contributed by atoms with E-state index in [4.69, 9.17) is 4.74 Å². The van der Waals surface area contributed by atoms with Gasteiger partial charge in [0.25, 0.3) is 0 Å². The van der Waals surface area contributed by atoms with Crippen LogP contribution in [-0.4, -0.2) is 50.2 Å². The van der Waals surface area contributed by atoms with Crippen molar-refractivity contribution in [2.45, 2.75) is 24.8 Å². The normalized spacial score (nSPS) is 22.4. The van der Waals surface area contributed by atoms with Crippen LogP contribution >= 0.6 is 0 Å². The molecule has 4 nitrogen and oxygen atoms in total. The van der Waals surface area contributed by atoms with Crippen LogP contribution in [0.15, 0.2) is 30.3 Å². The molecule has 20 heavy (non-hydrogen) atoms. The van der Waals surface area contributed by atoms with Gasteiger partial charge in [-0.3, -0.25) is 4.79 Å². The smallest absolute Gasteiger partial charge is 0.327 e. The molecule has 1 fully saturated rings. The number of hydrogen-bond acceptors (Lipinski definition) is 4. The zero-order chi connectivity index (χ0) is 14.6. The predicted molar refractivity (Wildman–Crippen MR) is 79.7 cm³/mol. The minimum atomic E-state index is -0.639. The molecule has 0 spiro atoms. The van der Waals surface area contributed by atoms with Crippen molar-refractivity contribution in [3.63, 3.8) is 0 Å². The number of hydrogen-bond donors (Lipinski definition) is 1. The van der Waals surface area contributed by atoms with Gasteiger partial charge in [-0.1, -0.05) is 30.3 Å². The first kappa shape index (κ1) is 15.0. The molecule has 0 aromatic heterocycles. The minimum absolute atomic E-state index is 0.205. The van der Waals surface area contributed by atoms with Gasteiger partial charge in [0.15, 0.2) is 0 Å². The topological polar surface area (TPSA) is 41.6 Å². The van der Waals surface area contributed by atoms with Gasteiger partial charge in [0.1, 0.15) is 5.54 Å². The quantitative estimate of drug-likeness (QED) is 0.830. The second-order valence-corrected chi connectivity index (χ2v) is 5.71. The number of carbonyl (C=O) groups excluding carboxylic acids is 1. The van der Waals surface area contributed by atoms with Crippen LogP contribution in [-0.2, 0) is 9.53 Å². The third-order valence-corrected chi connectivity index (χ3v) is 4.27. The first-order valence-electron chi connectivity index (χ1n) is 7.13. The van der Waals surface area contributed by atoms with Crippen LogP contribution in [0.4, 0.5) is 0 Å². The van der Waals surface area contributed by atoms with Gasteiger partial charge in [-0.2, -0.15) is 0 Å². The van der Waals surface area contributed by atoms with Gasteiger partial charge in [-0.05, 0) is 38.4 Å². The number of methoxy groups -OCH3 is 1. The summed E-state index contributed by atoms with van der Waals surface area (Å²) in [5, 5.41) is 3.09. The molecule has 2 rings (SSSR count). The van der Waals surface area contributed by atoms with Crippen LogP contribution in [0, 0.1) is 0 Å². The lowest BCUT2D eigenvalue weighted by molar-refractivity contribution is -0.148. The van der Waals surface area contributed by atoms with Crippen molar-refractivity contribution in [1.82, 2.24) is 10.2 Å². The van der Waals surface area contributed by atoms with Crippen LogP contribution in [0.1, 0.15) is 24.8 Å². The highest BCUT2D eigenvalue weighted by Crippen LogP contribution is 2.27. The van der Waals surface area contributed by atoms with Crippen molar-refractivity contribution in [3.05, 3.63) is 35.9 Å². The van der Waals surface area contributed by atoms with Gasteiger partial charge in [0.05, 0.1) is 7.11 Å². The van der Waals surface area contributed by atoms with Gasteiger partial charge < -0.3 is 15.0 Å². The summed E-state index contributed by atoms with van der Waals surface area (Å²) in [4.78, 5) is 14.2. The van der Waals surface area contributed by atoms with Crippen LogP contribution in [0.2, 0.25) is 0 Å². The maximum absolute atomic E-state index is 11.9. The Morgan fingerprint density at radius 2 is 2.15 bits per heavy atom. The second-order valence-electron chi connectivity index (χ2n) is 5.71. The third-order valence-electron chi connectivity index (χ3n) is 4.27. The third kappa shape index (κ3) is 3.19. The standard InChI is InChI=1S/C16H24N2O2/c1-16(17-2,15(19)20-3)12-18-10-9-14(11-18)13-7-5-4-6-8-13/h4-8,14,17H,9-12H2,1-3H3. The summed E-state index contributed by atoms with van der Waals surface area (Å²) >= 11 is 0. The summed E-state index contributed by atoms with van der Waals surface area (Å²) in [6.07, 6.45) is 1.14. The minimum Gasteiger partial charge on any atom is -0.468 e. The highest BCUT2D eigenvalue weighted by Gasteiger charge is 2.37. The fourth-order valence-electron chi connectivity index (χ4n) is 2.89. The van der Waals surface area contributed by atoms with E-state index in [9.17, 15) is 4.79 Å². The maximum Gasteiger partial charge on any atom is 0.327 e. The second kappa shape index (κ2) is 6.37. The number of rotatable bonds is 5. The Balaban J connectivity index is 1.98. The van der Waals surface area contributed by atoms with E-state index in [1.165, 1.54) is 12.7 Å². The number of nitrogens with zero attached hydrogens (tertiary/aromatic N) is 1. The lowest BCUT2D eigenvalue weighted by Gasteiger charge is -2.31. The number of likely N-dealkylation sites (tertiary alicyclic amines) is 1. The molecular weight excluding hydrogens is 252 g/mol. The van der Waals surface area contributed by atoms with Crippen molar-refractivity contribution >= 4 is 5.97 Å². The van der Waals surface area contributed by atoms with Crippen molar-refractivity contribution in [2.24, 2.45) is 0 Å². The Bertz CT molecular complexity index is 449. The molecule has 1 N–H and O–H groups in total. The first-order chi connectivity index (χ1) is 9.59. The Morgan fingerprint density at radius 1 is 1.45 bits per heavy atom. The average molecular weight is 276 g/mol. The summed E-state index contributed by atoms with van der Waals surface area (Å²) < 4.78 is 4.90. The SMILES string of the molecule is CNC(C)(CN1CCC(c2ccccc2)C1)C(=O)OC. The van der Waals surface area contributed by atoms with Crippen LogP contribution in [0.3, 0.4) is 0 Å². The fourth-order valence-corrected chi connectivity index (χ4v) is 2.89. The highest BCUT2D eigenvalue weighted by atomic mass is 16.5. The number of benzene rings is 1. The first-order valence-corrected chi connectivity index (χ1v) is 7.13. The molecule has 2 atom stereocenters. The predicted octanol–water partition coefficient (Wildman–Crippen LogP) is 1.63. The van der Waals surface area contributed by atoms with E-state index >= 15 is 0 Å². The summed E-state index contributed by atoms with van der Waals surface area (Å²) in [6.45, 7) is 4.60. The molecule has 1 saturated heterocycles. The van der Waals surface area contributed by atoms with Crippen LogP contribution < -0.4 is 5.32 Å². The molecule has 0 radical (unpaired) electrons. The number of carbonyl (C=O) groups is 1. The highest BCUT2D eigenvalue weighted by molar-refractivity contribution is 5.80. The van der Waals surface area contributed by atoms with E-state index in [0.717, 1.165) is 19.5 Å². The molecular formula is C16H24N2O2. The Morgan fingerprint density at radius 3 is 2.75 bits per heavy atom. The Labute approximate surface area is 121 Å². The van der Waals surface area contributed by atoms with Crippen molar-refractivity contribution < 1.29 is 9.53 Å². The average Bonchev–Trinajstić information content (AvgIpc) is 2.95. The van der Waals surface area contributed by atoms with Crippen LogP contribution in [0.25, 0.3) is 0 Å². The number of esters is 1. The molecule has 1 aromatic carbocycles. The lowest BCUT2D eigenvalue weighted by atomic mass is 9.98. The molecule has 1 heterocycles. The lowest BCUT2D eigenvalue weighted by Crippen LogP contribution is -2.55. The molecule has 0 aliphatic carbocycles. The molecule has 1 aliphatic rings. The molecule has 1 aromatic rings. The van der Waals surface area contributed by atoms with Gasteiger partial charge in [0, 0.05) is 13.1 Å². The summed E-state index contributed by atoms with van der Waals surface area (Å²) in [5.41, 5.74) is 0.750. The zero-order valence-electron chi connectivity index (χ0n) is 12.6. The Kier molecular flexibility index (Phi) is 4.78. The van der Waals surface area contributed by atoms with E-state index in [2.05, 4.69) is 34.5 Å².